The van der Waals surface area contributed by atoms with Crippen LogP contribution in [0.2, 0.25) is 0 Å². The molecule has 18 heavy (non-hydrogen) atoms. The molecule has 0 spiro atoms. The Kier molecular flexibility index (Phi) is 4.48. The van der Waals surface area contributed by atoms with E-state index < -0.39 is 11.7 Å². The average molecular weight is 248 g/mol. The smallest absolute Gasteiger partial charge is 0.435 e. The van der Waals surface area contributed by atoms with Crippen LogP contribution in [0.25, 0.3) is 10.9 Å². The zero-order chi connectivity index (χ0) is 13.8. The quantitative estimate of drug-likeness (QED) is 0.711. The van der Waals surface area contributed by atoms with E-state index in [1.54, 1.807) is 6.20 Å². The molecular weight excluding hydrogens is 228 g/mol. The lowest BCUT2D eigenvalue weighted by atomic mass is 10.2. The van der Waals surface area contributed by atoms with Crippen LogP contribution >= 0.6 is 0 Å². The second-order valence-corrected chi connectivity index (χ2v) is 4.60. The van der Waals surface area contributed by atoms with Crippen LogP contribution in [0, 0.1) is 0 Å². The summed E-state index contributed by atoms with van der Waals surface area (Å²) in [5.41, 5.74) is 0.251. The fraction of sp³-hybridized carbons (Fsp3) is 0.429. The van der Waals surface area contributed by atoms with E-state index in [0.717, 1.165) is 10.9 Å². The topological polar surface area (TPSA) is 44.1 Å². The monoisotopic (exact) mass is 248 g/mol. The van der Waals surface area contributed by atoms with Crippen molar-refractivity contribution in [3.63, 3.8) is 0 Å². The van der Waals surface area contributed by atoms with Gasteiger partial charge in [0.05, 0.1) is 11.7 Å². The number of rotatable bonds is 0. The summed E-state index contributed by atoms with van der Waals surface area (Å²) in [4.78, 5) is 11.8. The van der Waals surface area contributed by atoms with Crippen LogP contribution in [0.4, 0.5) is 4.79 Å². The van der Waals surface area contributed by atoms with E-state index in [4.69, 9.17) is 4.74 Å². The van der Waals surface area contributed by atoms with E-state index in [0.29, 0.717) is 0 Å². The number of fused-ring (bicyclic) bond motifs is 1. The van der Waals surface area contributed by atoms with Gasteiger partial charge in [-0.3, -0.25) is 0 Å². The van der Waals surface area contributed by atoms with Crippen molar-refractivity contribution in [2.75, 3.05) is 0 Å². The predicted octanol–water partition coefficient (Wildman–Crippen LogP) is 3.85. The summed E-state index contributed by atoms with van der Waals surface area (Å²) >= 11 is 0. The zero-order valence-electron chi connectivity index (χ0n) is 11.6. The van der Waals surface area contributed by atoms with E-state index in [-0.39, 0.29) is 0 Å². The third-order valence-electron chi connectivity index (χ3n) is 2.04. The average Bonchev–Trinajstić information content (AvgIpc) is 2.73. The first-order chi connectivity index (χ1) is 8.47. The van der Waals surface area contributed by atoms with Gasteiger partial charge in [0, 0.05) is 5.39 Å². The molecule has 0 fully saturated rings. The van der Waals surface area contributed by atoms with Crippen molar-refractivity contribution in [3.8, 4) is 0 Å². The summed E-state index contributed by atoms with van der Waals surface area (Å²) in [6.07, 6.45) is 1.20. The molecule has 98 valence electrons. The van der Waals surface area contributed by atoms with Gasteiger partial charge in [0.2, 0.25) is 0 Å². The summed E-state index contributed by atoms with van der Waals surface area (Å²) in [6, 6.07) is 7.52. The third kappa shape index (κ3) is 3.32. The second kappa shape index (κ2) is 5.67. The third-order valence-corrected chi connectivity index (χ3v) is 2.04. The molecule has 1 aromatic carbocycles. The number of aromatic nitrogens is 2. The van der Waals surface area contributed by atoms with Gasteiger partial charge in [0.25, 0.3) is 0 Å². The molecule has 0 bridgehead atoms. The molecule has 0 amide bonds. The normalized spacial score (nSPS) is 10.7. The molecule has 0 saturated carbocycles. The number of ether oxygens (including phenoxy) is 1. The lowest BCUT2D eigenvalue weighted by molar-refractivity contribution is 0.0523. The van der Waals surface area contributed by atoms with Gasteiger partial charge < -0.3 is 4.74 Å². The van der Waals surface area contributed by atoms with Gasteiger partial charge in [-0.15, -0.1) is 0 Å². The second-order valence-electron chi connectivity index (χ2n) is 4.60. The summed E-state index contributed by atoms with van der Waals surface area (Å²) < 4.78 is 6.53. The number of carbonyl (C=O) groups excluding carboxylic acids is 1. The minimum Gasteiger partial charge on any atom is -0.442 e. The van der Waals surface area contributed by atoms with Crippen molar-refractivity contribution in [1.29, 1.82) is 0 Å². The highest BCUT2D eigenvalue weighted by atomic mass is 16.6. The lowest BCUT2D eigenvalue weighted by Gasteiger charge is -2.19. The van der Waals surface area contributed by atoms with E-state index in [1.807, 2.05) is 58.9 Å². The van der Waals surface area contributed by atoms with Gasteiger partial charge in [-0.25, -0.2) is 4.79 Å². The highest BCUT2D eigenvalue weighted by Gasteiger charge is 2.19. The first-order valence-electron chi connectivity index (χ1n) is 6.13. The molecule has 0 aliphatic carbocycles. The summed E-state index contributed by atoms with van der Waals surface area (Å²) in [6.45, 7) is 9.49. The van der Waals surface area contributed by atoms with Crippen LogP contribution in [-0.2, 0) is 4.74 Å². The van der Waals surface area contributed by atoms with Crippen molar-refractivity contribution >= 4 is 17.0 Å². The van der Waals surface area contributed by atoms with Crippen molar-refractivity contribution < 1.29 is 9.53 Å². The number of benzene rings is 1. The SMILES string of the molecule is CC.CC(C)(C)OC(=O)n1ncc2ccccc21. The minimum atomic E-state index is -0.510. The Morgan fingerprint density at radius 3 is 2.44 bits per heavy atom. The molecule has 0 aliphatic heterocycles. The molecule has 2 rings (SSSR count). The Balaban J connectivity index is 0.000000771. The maximum Gasteiger partial charge on any atom is 0.435 e. The zero-order valence-corrected chi connectivity index (χ0v) is 11.6. The molecule has 0 N–H and O–H groups in total. The van der Waals surface area contributed by atoms with Gasteiger partial charge in [-0.05, 0) is 26.8 Å². The number of hydrogen-bond acceptors (Lipinski definition) is 3. The highest BCUT2D eigenvalue weighted by molar-refractivity contribution is 5.87. The van der Waals surface area contributed by atoms with Crippen LogP contribution in [0.1, 0.15) is 34.6 Å². The molecule has 1 heterocycles. The summed E-state index contributed by atoms with van der Waals surface area (Å²) in [5.74, 6) is 0. The lowest BCUT2D eigenvalue weighted by Crippen LogP contribution is -2.27. The predicted molar refractivity (Wildman–Crippen MR) is 72.7 cm³/mol. The van der Waals surface area contributed by atoms with Gasteiger partial charge >= 0.3 is 6.09 Å². The Bertz CT molecular complexity index is 524. The molecule has 0 atom stereocenters. The fourth-order valence-corrected chi connectivity index (χ4v) is 1.42. The van der Waals surface area contributed by atoms with Crippen molar-refractivity contribution in [2.45, 2.75) is 40.2 Å². The van der Waals surface area contributed by atoms with Crippen molar-refractivity contribution in [1.82, 2.24) is 9.78 Å². The van der Waals surface area contributed by atoms with Gasteiger partial charge in [0.1, 0.15) is 5.60 Å². The number of para-hydroxylation sites is 1. The first kappa shape index (κ1) is 14.2. The molecule has 4 nitrogen and oxygen atoms in total. The standard InChI is InChI=1S/C12H14N2O2.C2H6/c1-12(2,3)16-11(15)14-10-7-5-4-6-9(10)8-13-14;1-2/h4-8H,1-3H3;1-2H3. The van der Waals surface area contributed by atoms with E-state index >= 15 is 0 Å². The van der Waals surface area contributed by atoms with E-state index in [9.17, 15) is 4.79 Å². The largest absolute Gasteiger partial charge is 0.442 e. The molecule has 1 aromatic heterocycles. The summed E-state index contributed by atoms with van der Waals surface area (Å²) in [5, 5.41) is 4.95. The summed E-state index contributed by atoms with van der Waals surface area (Å²) in [7, 11) is 0. The number of nitrogens with zero attached hydrogens (tertiary/aromatic N) is 2. The van der Waals surface area contributed by atoms with E-state index in [1.165, 1.54) is 4.68 Å². The first-order valence-corrected chi connectivity index (χ1v) is 6.13. The van der Waals surface area contributed by atoms with Crippen molar-refractivity contribution in [2.24, 2.45) is 0 Å². The maximum atomic E-state index is 11.8. The Morgan fingerprint density at radius 2 is 1.83 bits per heavy atom. The Labute approximate surface area is 108 Å². The fourth-order valence-electron chi connectivity index (χ4n) is 1.42. The van der Waals surface area contributed by atoms with Gasteiger partial charge in [-0.2, -0.15) is 9.78 Å². The molecule has 0 aliphatic rings. The number of carbonyl (C=O) groups is 1. The van der Waals surface area contributed by atoms with Crippen LogP contribution in [0.3, 0.4) is 0 Å². The van der Waals surface area contributed by atoms with E-state index in [2.05, 4.69) is 5.10 Å². The highest BCUT2D eigenvalue weighted by Crippen LogP contribution is 2.15. The Morgan fingerprint density at radius 1 is 1.22 bits per heavy atom. The molecular formula is C14H20N2O2. The van der Waals surface area contributed by atoms with Gasteiger partial charge in [-0.1, -0.05) is 32.0 Å². The molecule has 4 heteroatoms. The molecule has 0 radical (unpaired) electrons. The molecule has 0 saturated heterocycles. The minimum absolute atomic E-state index is 0.450. The maximum absolute atomic E-state index is 11.8. The van der Waals surface area contributed by atoms with Crippen molar-refractivity contribution in [3.05, 3.63) is 30.5 Å². The van der Waals surface area contributed by atoms with Crippen LogP contribution in [0.5, 0.6) is 0 Å². The van der Waals surface area contributed by atoms with Crippen LogP contribution in [-0.4, -0.2) is 21.5 Å². The molecule has 0 unspecified atom stereocenters. The van der Waals surface area contributed by atoms with Crippen LogP contribution in [0.15, 0.2) is 30.5 Å². The molecule has 2 aromatic rings. The van der Waals surface area contributed by atoms with Crippen LogP contribution < -0.4 is 0 Å². The van der Waals surface area contributed by atoms with Gasteiger partial charge in [0.15, 0.2) is 0 Å². The number of hydrogen-bond donors (Lipinski definition) is 0. The Hall–Kier alpha value is -1.84.